The van der Waals surface area contributed by atoms with Crippen LogP contribution in [0.15, 0.2) is 35.5 Å². The molecule has 0 atom stereocenters. The summed E-state index contributed by atoms with van der Waals surface area (Å²) in [7, 11) is 0. The second-order valence-corrected chi connectivity index (χ2v) is 8.10. The number of nitrogens with zero attached hydrogens (tertiary/aromatic N) is 3. The lowest BCUT2D eigenvalue weighted by Gasteiger charge is -2.33. The fraction of sp³-hybridized carbons (Fsp3) is 0.636. The van der Waals surface area contributed by atoms with Gasteiger partial charge < -0.3 is 15.4 Å². The first-order valence-corrected chi connectivity index (χ1v) is 10.6. The lowest BCUT2D eigenvalue weighted by molar-refractivity contribution is 0.221. The minimum Gasteiger partial charge on any atom is -0.477 e. The van der Waals surface area contributed by atoms with Crippen molar-refractivity contribution in [3.63, 3.8) is 0 Å². The van der Waals surface area contributed by atoms with Crippen LogP contribution in [0, 0.1) is 5.92 Å². The van der Waals surface area contributed by atoms with E-state index in [9.17, 15) is 0 Å². The van der Waals surface area contributed by atoms with E-state index >= 15 is 0 Å². The van der Waals surface area contributed by atoms with E-state index in [2.05, 4.69) is 40.9 Å². The van der Waals surface area contributed by atoms with Gasteiger partial charge in [0.05, 0.1) is 13.2 Å². The van der Waals surface area contributed by atoms with Gasteiger partial charge in [-0.05, 0) is 57.1 Å². The van der Waals surface area contributed by atoms with Crippen LogP contribution >= 0.6 is 24.0 Å². The van der Waals surface area contributed by atoms with Crippen molar-refractivity contribution in [2.24, 2.45) is 10.9 Å². The Morgan fingerprint density at radius 2 is 2.07 bits per heavy atom. The number of hydrogen-bond acceptors (Lipinski definition) is 4. The van der Waals surface area contributed by atoms with Gasteiger partial charge in [0, 0.05) is 44.5 Å². The normalized spacial score (nSPS) is 18.1. The molecule has 1 aromatic heterocycles. The molecule has 3 rings (SSSR count). The highest BCUT2D eigenvalue weighted by Crippen LogP contribution is 2.29. The number of nitrogens with one attached hydrogen (secondary N) is 2. The van der Waals surface area contributed by atoms with Gasteiger partial charge in [-0.25, -0.2) is 9.98 Å². The summed E-state index contributed by atoms with van der Waals surface area (Å²) in [4.78, 5) is 11.6. The fourth-order valence-corrected chi connectivity index (χ4v) is 3.42. The zero-order valence-electron chi connectivity index (χ0n) is 17.8. The molecule has 1 aliphatic carbocycles. The van der Waals surface area contributed by atoms with E-state index in [0.717, 1.165) is 63.1 Å². The van der Waals surface area contributed by atoms with Gasteiger partial charge in [0.25, 0.3) is 0 Å². The van der Waals surface area contributed by atoms with Crippen LogP contribution in [0.25, 0.3) is 0 Å². The van der Waals surface area contributed by atoms with E-state index in [-0.39, 0.29) is 24.0 Å². The summed E-state index contributed by atoms with van der Waals surface area (Å²) in [5.41, 5.74) is 2.36. The number of aliphatic imine (C=N–C) groups is 1. The minimum absolute atomic E-state index is 0. The van der Waals surface area contributed by atoms with E-state index in [1.807, 2.05) is 18.3 Å². The van der Waals surface area contributed by atoms with Crippen molar-refractivity contribution in [1.29, 1.82) is 0 Å². The minimum atomic E-state index is 0. The molecule has 0 bridgehead atoms. The van der Waals surface area contributed by atoms with Gasteiger partial charge in [-0.1, -0.05) is 12.2 Å². The summed E-state index contributed by atoms with van der Waals surface area (Å²) < 4.78 is 5.78. The fourth-order valence-electron chi connectivity index (χ4n) is 3.42. The van der Waals surface area contributed by atoms with Gasteiger partial charge in [0.1, 0.15) is 0 Å². The number of piperidine rings is 1. The summed E-state index contributed by atoms with van der Waals surface area (Å²) in [5.74, 6) is 2.33. The van der Waals surface area contributed by atoms with Gasteiger partial charge in [-0.2, -0.15) is 0 Å². The molecule has 0 amide bonds. The van der Waals surface area contributed by atoms with Crippen molar-refractivity contribution >= 4 is 29.9 Å². The average Bonchev–Trinajstić information content (AvgIpc) is 3.51. The van der Waals surface area contributed by atoms with E-state index < -0.39 is 0 Å². The van der Waals surface area contributed by atoms with Crippen LogP contribution in [-0.4, -0.2) is 54.7 Å². The topological polar surface area (TPSA) is 61.8 Å². The summed E-state index contributed by atoms with van der Waals surface area (Å²) >= 11 is 0. The quantitative estimate of drug-likeness (QED) is 0.229. The number of aromatic nitrogens is 1. The zero-order valence-corrected chi connectivity index (χ0v) is 20.2. The zero-order chi connectivity index (χ0) is 19.8. The molecule has 7 heteroatoms. The van der Waals surface area contributed by atoms with Crippen molar-refractivity contribution in [1.82, 2.24) is 20.5 Å². The van der Waals surface area contributed by atoms with Gasteiger partial charge >= 0.3 is 0 Å². The largest absolute Gasteiger partial charge is 0.477 e. The molecule has 2 N–H and O–H groups in total. The molecule has 1 aliphatic heterocycles. The Hall–Kier alpha value is -1.35. The summed E-state index contributed by atoms with van der Waals surface area (Å²) in [6.07, 6.45) is 6.64. The maximum Gasteiger partial charge on any atom is 0.213 e. The highest BCUT2D eigenvalue weighted by atomic mass is 127. The van der Waals surface area contributed by atoms with Crippen LogP contribution in [0.2, 0.25) is 0 Å². The van der Waals surface area contributed by atoms with Crippen molar-refractivity contribution in [3.8, 4) is 5.88 Å². The average molecular weight is 513 g/mol. The molecule has 6 nitrogen and oxygen atoms in total. The molecule has 2 heterocycles. The molecular weight excluding hydrogens is 477 g/mol. The third kappa shape index (κ3) is 8.90. The Balaban J connectivity index is 0.00000300. The van der Waals surface area contributed by atoms with E-state index in [4.69, 9.17) is 9.73 Å². The molecule has 2 fully saturated rings. The Kier molecular flexibility index (Phi) is 10.2. The molecule has 1 aromatic rings. The maximum absolute atomic E-state index is 5.78. The summed E-state index contributed by atoms with van der Waals surface area (Å²) in [6.45, 7) is 13.7. The van der Waals surface area contributed by atoms with Crippen LogP contribution in [0.3, 0.4) is 0 Å². The van der Waals surface area contributed by atoms with Crippen LogP contribution in [0.1, 0.15) is 45.1 Å². The van der Waals surface area contributed by atoms with Crippen molar-refractivity contribution < 1.29 is 4.74 Å². The highest BCUT2D eigenvalue weighted by molar-refractivity contribution is 14.0. The lowest BCUT2D eigenvalue weighted by atomic mass is 10.0. The van der Waals surface area contributed by atoms with Gasteiger partial charge in [0.15, 0.2) is 5.96 Å². The Morgan fingerprint density at radius 3 is 2.72 bits per heavy atom. The van der Waals surface area contributed by atoms with Crippen LogP contribution < -0.4 is 15.4 Å². The molecule has 1 saturated carbocycles. The number of halogens is 1. The van der Waals surface area contributed by atoms with Gasteiger partial charge in [-0.15, -0.1) is 24.0 Å². The standard InChI is InChI=1S/C22H35N5O.HI/c1-4-23-22(26-20-8-11-27(12-9-20)15-17(2)3)25-14-19-7-10-24-21(13-19)28-16-18-5-6-18;/h7,10,13,18,20H,2,4-6,8-9,11-12,14-16H2,1,3H3,(H2,23,25,26);1H. The van der Waals surface area contributed by atoms with Gasteiger partial charge in [-0.3, -0.25) is 4.90 Å². The Labute approximate surface area is 192 Å². The highest BCUT2D eigenvalue weighted by Gasteiger charge is 2.22. The maximum atomic E-state index is 5.78. The van der Waals surface area contributed by atoms with E-state index in [1.165, 1.54) is 18.4 Å². The number of hydrogen-bond donors (Lipinski definition) is 2. The molecule has 0 radical (unpaired) electrons. The SMILES string of the molecule is C=C(C)CN1CCC(NC(=NCc2ccnc(OCC3CC3)c2)NCC)CC1.I. The smallest absolute Gasteiger partial charge is 0.213 e. The second kappa shape index (κ2) is 12.4. The van der Waals surface area contributed by atoms with Crippen molar-refractivity contribution in [2.45, 2.75) is 52.1 Å². The molecule has 0 unspecified atom stereocenters. The molecule has 162 valence electrons. The second-order valence-electron chi connectivity index (χ2n) is 8.10. The first-order chi connectivity index (χ1) is 13.6. The lowest BCUT2D eigenvalue weighted by Crippen LogP contribution is -2.48. The van der Waals surface area contributed by atoms with Gasteiger partial charge in [0.2, 0.25) is 5.88 Å². The van der Waals surface area contributed by atoms with E-state index in [0.29, 0.717) is 18.5 Å². The monoisotopic (exact) mass is 513 g/mol. The number of pyridine rings is 1. The number of likely N-dealkylation sites (tertiary alicyclic amines) is 1. The number of guanidine groups is 1. The molecule has 0 aromatic carbocycles. The predicted octanol–water partition coefficient (Wildman–Crippen LogP) is 3.58. The summed E-state index contributed by atoms with van der Waals surface area (Å²) in [5, 5.41) is 6.98. The Bertz CT molecular complexity index is 669. The summed E-state index contributed by atoms with van der Waals surface area (Å²) in [6, 6.07) is 4.48. The van der Waals surface area contributed by atoms with Crippen LogP contribution in [0.5, 0.6) is 5.88 Å². The Morgan fingerprint density at radius 1 is 1.31 bits per heavy atom. The molecule has 29 heavy (non-hydrogen) atoms. The molecule has 0 spiro atoms. The number of ether oxygens (including phenoxy) is 1. The van der Waals surface area contributed by atoms with Crippen LogP contribution in [0.4, 0.5) is 0 Å². The number of rotatable bonds is 9. The first-order valence-electron chi connectivity index (χ1n) is 10.6. The predicted molar refractivity (Wildman–Crippen MR) is 130 cm³/mol. The molecule has 1 saturated heterocycles. The third-order valence-electron chi connectivity index (χ3n) is 5.15. The first kappa shape index (κ1) is 23.9. The van der Waals surface area contributed by atoms with E-state index in [1.54, 1.807) is 0 Å². The van der Waals surface area contributed by atoms with Crippen molar-refractivity contribution in [2.75, 3.05) is 32.8 Å². The molecular formula is C22H36IN5O. The third-order valence-corrected chi connectivity index (χ3v) is 5.15. The molecule has 2 aliphatic rings. The van der Waals surface area contributed by atoms with Crippen molar-refractivity contribution in [3.05, 3.63) is 36.0 Å². The van der Waals surface area contributed by atoms with Crippen LogP contribution in [-0.2, 0) is 6.54 Å².